The van der Waals surface area contributed by atoms with Crippen molar-refractivity contribution in [3.63, 3.8) is 0 Å². The Bertz CT molecular complexity index is 691. The molecule has 1 heterocycles. The summed E-state index contributed by atoms with van der Waals surface area (Å²) in [6.45, 7) is 3.41. The van der Waals surface area contributed by atoms with Crippen LogP contribution in [0.15, 0.2) is 18.2 Å². The highest BCUT2D eigenvalue weighted by Gasteiger charge is 2.16. The molecule has 7 nitrogen and oxygen atoms in total. The smallest absolute Gasteiger partial charge is 0.269 e. The van der Waals surface area contributed by atoms with Gasteiger partial charge in [0, 0.05) is 19.2 Å². The highest BCUT2D eigenvalue weighted by atomic mass is 16.6. The first-order valence-corrected chi connectivity index (χ1v) is 5.85. The van der Waals surface area contributed by atoms with Gasteiger partial charge in [0.15, 0.2) is 6.29 Å². The van der Waals surface area contributed by atoms with Gasteiger partial charge in [-0.25, -0.2) is 4.68 Å². The molecule has 0 unspecified atom stereocenters. The first-order valence-electron chi connectivity index (χ1n) is 5.85. The van der Waals surface area contributed by atoms with Gasteiger partial charge in [-0.1, -0.05) is 0 Å². The van der Waals surface area contributed by atoms with Crippen molar-refractivity contribution in [2.75, 3.05) is 0 Å². The monoisotopic (exact) mass is 275 g/mol. The van der Waals surface area contributed by atoms with Crippen molar-refractivity contribution in [2.45, 2.75) is 13.8 Å². The number of benzene rings is 1. The molecule has 0 aliphatic heterocycles. The molecule has 0 amide bonds. The number of nitro groups is 1. The van der Waals surface area contributed by atoms with Crippen molar-refractivity contribution in [2.24, 2.45) is 7.05 Å². The number of aromatic nitrogens is 2. The first-order chi connectivity index (χ1) is 9.43. The van der Waals surface area contributed by atoms with Crippen LogP contribution in [0.1, 0.15) is 21.6 Å². The summed E-state index contributed by atoms with van der Waals surface area (Å²) < 4.78 is 7.12. The number of ether oxygens (including phenoxy) is 1. The number of aryl methyl sites for hydroxylation is 3. The van der Waals surface area contributed by atoms with Gasteiger partial charge in [0.1, 0.15) is 5.75 Å². The molecule has 0 saturated carbocycles. The Labute approximate surface area is 114 Å². The molecule has 104 valence electrons. The lowest BCUT2D eigenvalue weighted by atomic mass is 10.2. The van der Waals surface area contributed by atoms with Crippen molar-refractivity contribution in [1.29, 1.82) is 0 Å². The van der Waals surface area contributed by atoms with Crippen molar-refractivity contribution < 1.29 is 14.5 Å². The second kappa shape index (κ2) is 5.12. The zero-order chi connectivity index (χ0) is 14.9. The molecule has 2 aromatic rings. The van der Waals surface area contributed by atoms with Gasteiger partial charge in [0.2, 0.25) is 5.88 Å². The van der Waals surface area contributed by atoms with E-state index in [4.69, 9.17) is 4.74 Å². The van der Waals surface area contributed by atoms with Gasteiger partial charge in [0.25, 0.3) is 5.69 Å². The van der Waals surface area contributed by atoms with Crippen molar-refractivity contribution >= 4 is 12.0 Å². The van der Waals surface area contributed by atoms with Gasteiger partial charge in [-0.15, -0.1) is 0 Å². The maximum Gasteiger partial charge on any atom is 0.269 e. The van der Waals surface area contributed by atoms with Crippen molar-refractivity contribution in [3.05, 3.63) is 45.1 Å². The molecule has 0 saturated heterocycles. The number of rotatable bonds is 4. The van der Waals surface area contributed by atoms with E-state index in [9.17, 15) is 14.9 Å². The first kappa shape index (κ1) is 13.7. The van der Waals surface area contributed by atoms with E-state index >= 15 is 0 Å². The summed E-state index contributed by atoms with van der Waals surface area (Å²) in [5.41, 5.74) is 1.53. The maximum absolute atomic E-state index is 11.1. The van der Waals surface area contributed by atoms with E-state index in [1.54, 1.807) is 20.9 Å². The lowest BCUT2D eigenvalue weighted by Crippen LogP contribution is -1.98. The maximum atomic E-state index is 11.1. The fourth-order valence-corrected chi connectivity index (χ4v) is 1.88. The number of nitrogens with zero attached hydrogens (tertiary/aromatic N) is 3. The minimum atomic E-state index is -0.470. The third kappa shape index (κ3) is 2.37. The molecule has 2 rings (SSSR count). The van der Waals surface area contributed by atoms with Gasteiger partial charge in [0.05, 0.1) is 16.2 Å². The van der Waals surface area contributed by atoms with E-state index in [0.29, 0.717) is 34.7 Å². The van der Waals surface area contributed by atoms with Crippen LogP contribution in [0.3, 0.4) is 0 Å². The number of aldehydes is 1. The largest absolute Gasteiger partial charge is 0.438 e. The third-order valence-corrected chi connectivity index (χ3v) is 2.91. The Morgan fingerprint density at radius 2 is 2.10 bits per heavy atom. The summed E-state index contributed by atoms with van der Waals surface area (Å²) in [4.78, 5) is 21.3. The quantitative estimate of drug-likeness (QED) is 0.486. The summed E-state index contributed by atoms with van der Waals surface area (Å²) in [5.74, 6) is 0.760. The Morgan fingerprint density at radius 3 is 2.65 bits per heavy atom. The Balaban J connectivity index is 2.40. The molecule has 0 fully saturated rings. The van der Waals surface area contributed by atoms with Crippen LogP contribution < -0.4 is 4.74 Å². The second-order valence-corrected chi connectivity index (χ2v) is 4.35. The van der Waals surface area contributed by atoms with Gasteiger partial charge in [-0.2, -0.15) is 5.10 Å². The number of carbonyl (C=O) groups is 1. The average Bonchev–Trinajstić information content (AvgIpc) is 2.65. The summed E-state index contributed by atoms with van der Waals surface area (Å²) in [6.07, 6.45) is 0.679. The summed E-state index contributed by atoms with van der Waals surface area (Å²) >= 11 is 0. The minimum absolute atomic E-state index is 0.00773. The van der Waals surface area contributed by atoms with Crippen LogP contribution in [0.5, 0.6) is 11.6 Å². The van der Waals surface area contributed by atoms with Gasteiger partial charge in [-0.3, -0.25) is 14.9 Å². The van der Waals surface area contributed by atoms with E-state index in [1.807, 2.05) is 0 Å². The number of hydrogen-bond donors (Lipinski definition) is 0. The van der Waals surface area contributed by atoms with Gasteiger partial charge in [-0.05, 0) is 25.5 Å². The van der Waals surface area contributed by atoms with Crippen LogP contribution in [0.25, 0.3) is 0 Å². The highest BCUT2D eigenvalue weighted by molar-refractivity contribution is 5.80. The molecule has 0 N–H and O–H groups in total. The van der Waals surface area contributed by atoms with E-state index in [1.165, 1.54) is 22.9 Å². The Kier molecular flexibility index (Phi) is 3.51. The summed E-state index contributed by atoms with van der Waals surface area (Å²) in [5, 5.41) is 14.8. The molecule has 1 aromatic carbocycles. The highest BCUT2D eigenvalue weighted by Crippen LogP contribution is 2.30. The summed E-state index contributed by atoms with van der Waals surface area (Å²) in [6, 6.07) is 4.27. The average molecular weight is 275 g/mol. The topological polar surface area (TPSA) is 87.3 Å². The fourth-order valence-electron chi connectivity index (χ4n) is 1.88. The molecular weight excluding hydrogens is 262 g/mol. The SMILES string of the molecule is Cc1cc([N+](=O)[O-])ccc1Oc1c(C=O)c(C)nn1C. The third-order valence-electron chi connectivity index (χ3n) is 2.91. The molecule has 0 aliphatic rings. The zero-order valence-electron chi connectivity index (χ0n) is 11.3. The molecule has 0 radical (unpaired) electrons. The van der Waals surface area contributed by atoms with Crippen molar-refractivity contribution in [1.82, 2.24) is 9.78 Å². The molecule has 0 aliphatic carbocycles. The van der Waals surface area contributed by atoms with Crippen LogP contribution in [0.4, 0.5) is 5.69 Å². The van der Waals surface area contributed by atoms with Crippen LogP contribution in [0, 0.1) is 24.0 Å². The molecule has 7 heteroatoms. The number of hydrogen-bond acceptors (Lipinski definition) is 5. The van der Waals surface area contributed by atoms with E-state index < -0.39 is 4.92 Å². The van der Waals surface area contributed by atoms with Gasteiger partial charge >= 0.3 is 0 Å². The van der Waals surface area contributed by atoms with E-state index in [2.05, 4.69) is 5.10 Å². The number of nitro benzene ring substituents is 1. The lowest BCUT2D eigenvalue weighted by molar-refractivity contribution is -0.384. The molecule has 1 aromatic heterocycles. The number of non-ortho nitro benzene ring substituents is 1. The van der Waals surface area contributed by atoms with Crippen LogP contribution in [0.2, 0.25) is 0 Å². The predicted octanol–water partition coefficient (Wildman–Crippen LogP) is 2.55. The fraction of sp³-hybridized carbons (Fsp3) is 0.231. The van der Waals surface area contributed by atoms with Crippen LogP contribution in [-0.4, -0.2) is 21.0 Å². The van der Waals surface area contributed by atoms with Crippen LogP contribution >= 0.6 is 0 Å². The second-order valence-electron chi connectivity index (χ2n) is 4.35. The zero-order valence-corrected chi connectivity index (χ0v) is 11.3. The number of carbonyl (C=O) groups excluding carboxylic acids is 1. The standard InChI is InChI=1S/C13H13N3O4/c1-8-6-10(16(18)19)4-5-12(8)20-13-11(7-17)9(2)14-15(13)3/h4-7H,1-3H3. The molecular formula is C13H13N3O4. The summed E-state index contributed by atoms with van der Waals surface area (Å²) in [7, 11) is 1.66. The molecule has 0 bridgehead atoms. The Morgan fingerprint density at radius 1 is 1.40 bits per heavy atom. The lowest BCUT2D eigenvalue weighted by Gasteiger charge is -2.09. The predicted molar refractivity (Wildman–Crippen MR) is 71.2 cm³/mol. The molecule has 20 heavy (non-hydrogen) atoms. The van der Waals surface area contributed by atoms with Crippen molar-refractivity contribution in [3.8, 4) is 11.6 Å². The normalized spacial score (nSPS) is 10.3. The molecule has 0 spiro atoms. The Hall–Kier alpha value is -2.70. The minimum Gasteiger partial charge on any atom is -0.438 e. The van der Waals surface area contributed by atoms with E-state index in [-0.39, 0.29) is 5.69 Å². The van der Waals surface area contributed by atoms with Gasteiger partial charge < -0.3 is 4.74 Å². The van der Waals surface area contributed by atoms with Crippen LogP contribution in [-0.2, 0) is 7.05 Å². The molecule has 0 atom stereocenters. The van der Waals surface area contributed by atoms with E-state index in [0.717, 1.165) is 0 Å².